The first-order valence-electron chi connectivity index (χ1n) is 12.6. The number of carbonyl (C=O) groups is 1. The fourth-order valence-corrected chi connectivity index (χ4v) is 5.81. The van der Waals surface area contributed by atoms with Crippen LogP contribution in [0.25, 0.3) is 0 Å². The van der Waals surface area contributed by atoms with Crippen molar-refractivity contribution in [2.75, 3.05) is 44.1 Å². The number of aryl methyl sites for hydroxylation is 2. The SMILES string of the molecule is COc1ccc(NC(=O)N2CC3(CCN(Cc4cc(C)cc(C)c4)CC3)c3cc(OC)ccc32)cc1. The Balaban J connectivity index is 1.34. The summed E-state index contributed by atoms with van der Waals surface area (Å²) in [5.74, 6) is 1.60. The zero-order valence-corrected chi connectivity index (χ0v) is 21.6. The summed E-state index contributed by atoms with van der Waals surface area (Å²) in [6, 6.07) is 20.2. The van der Waals surface area contributed by atoms with Crippen molar-refractivity contribution in [3.05, 3.63) is 82.9 Å². The van der Waals surface area contributed by atoms with Crippen LogP contribution in [-0.2, 0) is 12.0 Å². The van der Waals surface area contributed by atoms with Gasteiger partial charge in [0, 0.05) is 29.9 Å². The van der Waals surface area contributed by atoms with Crippen molar-refractivity contribution in [1.82, 2.24) is 4.90 Å². The molecule has 2 heterocycles. The molecule has 6 heteroatoms. The summed E-state index contributed by atoms with van der Waals surface area (Å²) >= 11 is 0. The molecule has 1 fully saturated rings. The lowest BCUT2D eigenvalue weighted by molar-refractivity contribution is 0.160. The van der Waals surface area contributed by atoms with Crippen LogP contribution in [-0.4, -0.2) is 44.8 Å². The molecule has 2 aliphatic rings. The zero-order chi connectivity index (χ0) is 25.3. The van der Waals surface area contributed by atoms with Gasteiger partial charge in [-0.1, -0.05) is 29.3 Å². The molecule has 2 amide bonds. The van der Waals surface area contributed by atoms with Crippen LogP contribution in [0.2, 0.25) is 0 Å². The molecule has 5 rings (SSSR count). The maximum atomic E-state index is 13.4. The van der Waals surface area contributed by atoms with Gasteiger partial charge in [0.15, 0.2) is 0 Å². The molecular formula is C30H35N3O3. The first-order chi connectivity index (χ1) is 17.4. The van der Waals surface area contributed by atoms with Crippen molar-refractivity contribution in [1.29, 1.82) is 0 Å². The second-order valence-corrected chi connectivity index (χ2v) is 10.2. The molecule has 0 aromatic heterocycles. The number of piperidine rings is 1. The molecular weight excluding hydrogens is 450 g/mol. The van der Waals surface area contributed by atoms with Gasteiger partial charge in [0.25, 0.3) is 0 Å². The number of nitrogens with one attached hydrogen (secondary N) is 1. The number of rotatable bonds is 5. The number of hydrogen-bond acceptors (Lipinski definition) is 4. The normalized spacial score (nSPS) is 16.6. The second kappa shape index (κ2) is 9.86. The van der Waals surface area contributed by atoms with Gasteiger partial charge >= 0.3 is 6.03 Å². The number of urea groups is 1. The highest BCUT2D eigenvalue weighted by molar-refractivity contribution is 6.03. The largest absolute Gasteiger partial charge is 0.497 e. The fraction of sp³-hybridized carbons (Fsp3) is 0.367. The summed E-state index contributed by atoms with van der Waals surface area (Å²) in [6.45, 7) is 7.96. The van der Waals surface area contributed by atoms with E-state index in [0.717, 1.165) is 55.3 Å². The highest BCUT2D eigenvalue weighted by Gasteiger charge is 2.46. The van der Waals surface area contributed by atoms with Gasteiger partial charge in [0.1, 0.15) is 11.5 Å². The topological polar surface area (TPSA) is 54.0 Å². The molecule has 0 bridgehead atoms. The predicted molar refractivity (Wildman–Crippen MR) is 144 cm³/mol. The standard InChI is InChI=1S/C30H35N3O3/c1-21-15-22(2)17-23(16-21)19-32-13-11-30(12-14-32)20-33(28-10-9-26(36-4)18-27(28)30)29(34)31-24-5-7-25(35-3)8-6-24/h5-10,15-18H,11-14,19-20H2,1-4H3,(H,31,34). The Kier molecular flexibility index (Phi) is 6.63. The van der Waals surface area contributed by atoms with Crippen LogP contribution in [0.1, 0.15) is 35.1 Å². The lowest BCUT2D eigenvalue weighted by Crippen LogP contribution is -2.46. The fourth-order valence-electron chi connectivity index (χ4n) is 5.81. The van der Waals surface area contributed by atoms with Gasteiger partial charge in [-0.05, 0) is 93.4 Å². The molecule has 188 valence electrons. The molecule has 3 aromatic rings. The Morgan fingerprint density at radius 2 is 1.53 bits per heavy atom. The van der Waals surface area contributed by atoms with E-state index in [0.29, 0.717) is 6.54 Å². The van der Waals surface area contributed by atoms with Crippen LogP contribution >= 0.6 is 0 Å². The highest BCUT2D eigenvalue weighted by Crippen LogP contribution is 2.48. The molecule has 0 unspecified atom stereocenters. The molecule has 1 N–H and O–H groups in total. The number of hydrogen-bond donors (Lipinski definition) is 1. The maximum absolute atomic E-state index is 13.4. The number of anilines is 2. The van der Waals surface area contributed by atoms with E-state index in [1.165, 1.54) is 22.3 Å². The average Bonchev–Trinajstić information content (AvgIpc) is 3.19. The van der Waals surface area contributed by atoms with Gasteiger partial charge in [0.2, 0.25) is 0 Å². The molecule has 6 nitrogen and oxygen atoms in total. The van der Waals surface area contributed by atoms with Crippen LogP contribution in [0.4, 0.5) is 16.2 Å². The number of nitrogens with zero attached hydrogens (tertiary/aromatic N) is 2. The summed E-state index contributed by atoms with van der Waals surface area (Å²) in [4.78, 5) is 17.9. The van der Waals surface area contributed by atoms with Crippen molar-refractivity contribution >= 4 is 17.4 Å². The van der Waals surface area contributed by atoms with E-state index in [-0.39, 0.29) is 11.4 Å². The van der Waals surface area contributed by atoms with Crippen LogP contribution in [0.5, 0.6) is 11.5 Å². The molecule has 0 aliphatic carbocycles. The third kappa shape index (κ3) is 4.78. The molecule has 0 saturated carbocycles. The summed E-state index contributed by atoms with van der Waals surface area (Å²) in [7, 11) is 3.33. The maximum Gasteiger partial charge on any atom is 0.326 e. The van der Waals surface area contributed by atoms with Crippen molar-refractivity contribution in [3.63, 3.8) is 0 Å². The minimum Gasteiger partial charge on any atom is -0.497 e. The molecule has 0 radical (unpaired) electrons. The minimum absolute atomic E-state index is 0.0693. The minimum atomic E-state index is -0.110. The predicted octanol–water partition coefficient (Wildman–Crippen LogP) is 5.91. The van der Waals surface area contributed by atoms with Crippen LogP contribution < -0.4 is 19.7 Å². The zero-order valence-electron chi connectivity index (χ0n) is 21.6. The number of benzene rings is 3. The summed E-state index contributed by atoms with van der Waals surface area (Å²) in [5, 5.41) is 3.07. The van der Waals surface area contributed by atoms with E-state index in [4.69, 9.17) is 9.47 Å². The van der Waals surface area contributed by atoms with E-state index in [1.54, 1.807) is 14.2 Å². The van der Waals surface area contributed by atoms with Gasteiger partial charge < -0.3 is 14.8 Å². The lowest BCUT2D eigenvalue weighted by atomic mass is 9.74. The molecule has 1 saturated heterocycles. The first kappa shape index (κ1) is 24.2. The number of likely N-dealkylation sites (tertiary alicyclic amines) is 1. The molecule has 3 aromatic carbocycles. The van der Waals surface area contributed by atoms with E-state index in [2.05, 4.69) is 48.3 Å². The summed E-state index contributed by atoms with van der Waals surface area (Å²) < 4.78 is 10.8. The van der Waals surface area contributed by atoms with Crippen molar-refractivity contribution in [2.24, 2.45) is 0 Å². The van der Waals surface area contributed by atoms with Gasteiger partial charge in [-0.15, -0.1) is 0 Å². The second-order valence-electron chi connectivity index (χ2n) is 10.2. The van der Waals surface area contributed by atoms with Crippen LogP contribution in [0, 0.1) is 13.8 Å². The van der Waals surface area contributed by atoms with E-state index in [9.17, 15) is 4.79 Å². The van der Waals surface area contributed by atoms with E-state index < -0.39 is 0 Å². The van der Waals surface area contributed by atoms with Crippen LogP contribution in [0.15, 0.2) is 60.7 Å². The van der Waals surface area contributed by atoms with Crippen molar-refractivity contribution < 1.29 is 14.3 Å². The molecule has 0 atom stereocenters. The van der Waals surface area contributed by atoms with Gasteiger partial charge in [-0.2, -0.15) is 0 Å². The Bertz CT molecular complexity index is 1230. The Hall–Kier alpha value is -3.51. The third-order valence-electron chi connectivity index (χ3n) is 7.61. The summed E-state index contributed by atoms with van der Waals surface area (Å²) in [6.07, 6.45) is 2.01. The molecule has 2 aliphatic heterocycles. The Morgan fingerprint density at radius 3 is 2.17 bits per heavy atom. The lowest BCUT2D eigenvalue weighted by Gasteiger charge is -2.40. The van der Waals surface area contributed by atoms with Gasteiger partial charge in [0.05, 0.1) is 14.2 Å². The number of carbonyl (C=O) groups excluding carboxylic acids is 1. The highest BCUT2D eigenvalue weighted by atomic mass is 16.5. The van der Waals surface area contributed by atoms with Crippen molar-refractivity contribution in [2.45, 2.75) is 38.6 Å². The number of ether oxygens (including phenoxy) is 2. The van der Waals surface area contributed by atoms with E-state index in [1.807, 2.05) is 41.3 Å². The molecule has 1 spiro atoms. The number of amides is 2. The monoisotopic (exact) mass is 485 g/mol. The Morgan fingerprint density at radius 1 is 0.889 bits per heavy atom. The first-order valence-corrected chi connectivity index (χ1v) is 12.6. The molecule has 36 heavy (non-hydrogen) atoms. The van der Waals surface area contributed by atoms with Gasteiger partial charge in [-0.3, -0.25) is 9.80 Å². The quantitative estimate of drug-likeness (QED) is 0.488. The van der Waals surface area contributed by atoms with Crippen LogP contribution in [0.3, 0.4) is 0 Å². The average molecular weight is 486 g/mol. The van der Waals surface area contributed by atoms with E-state index >= 15 is 0 Å². The van der Waals surface area contributed by atoms with Crippen molar-refractivity contribution in [3.8, 4) is 11.5 Å². The summed E-state index contributed by atoms with van der Waals surface area (Å²) in [5.41, 5.74) is 6.88. The smallest absolute Gasteiger partial charge is 0.326 e. The number of fused-ring (bicyclic) bond motifs is 2. The third-order valence-corrected chi connectivity index (χ3v) is 7.61. The van der Waals surface area contributed by atoms with Gasteiger partial charge in [-0.25, -0.2) is 4.79 Å². The number of methoxy groups -OCH3 is 2. The Labute approximate surface area is 213 Å².